The molecule has 0 saturated carbocycles. The predicted molar refractivity (Wildman–Crippen MR) is 99.8 cm³/mol. The number of aliphatic hydroxyl groups excluding tert-OH is 3. The Hall–Kier alpha value is -2.25. The van der Waals surface area contributed by atoms with Crippen LogP contribution in [0.3, 0.4) is 0 Å². The molecule has 6 heteroatoms. The standard InChI is InChI=1S/C21H25NO5/c23-18(3-1-2-4-21(26)22-27)14-7-5-13(6-8-14)15-9-10-16-17(11-15)20(25)12-19(16)24/h5-11,18-20,23-25,27H,1-4,12H2,(H,22,26). The maximum atomic E-state index is 11.0. The van der Waals surface area contributed by atoms with Gasteiger partial charge in [0, 0.05) is 12.8 Å². The zero-order chi connectivity index (χ0) is 19.4. The van der Waals surface area contributed by atoms with Gasteiger partial charge in [-0.2, -0.15) is 0 Å². The molecule has 2 aromatic rings. The number of carbonyl (C=O) groups is 1. The molecule has 0 heterocycles. The third-order valence-electron chi connectivity index (χ3n) is 5.14. The molecule has 6 nitrogen and oxygen atoms in total. The van der Waals surface area contributed by atoms with Gasteiger partial charge in [0.15, 0.2) is 0 Å². The fourth-order valence-electron chi connectivity index (χ4n) is 3.56. The number of unbranched alkanes of at least 4 members (excludes halogenated alkanes) is 1. The first-order valence-electron chi connectivity index (χ1n) is 9.21. The van der Waals surface area contributed by atoms with Crippen molar-refractivity contribution >= 4 is 5.91 Å². The summed E-state index contributed by atoms with van der Waals surface area (Å²) in [5, 5.41) is 38.7. The summed E-state index contributed by atoms with van der Waals surface area (Å²) in [6, 6.07) is 13.3. The van der Waals surface area contributed by atoms with E-state index >= 15 is 0 Å². The first-order chi connectivity index (χ1) is 13.0. The number of amides is 1. The lowest BCUT2D eigenvalue weighted by Crippen LogP contribution is -2.17. The molecule has 1 amide bonds. The second-order valence-corrected chi connectivity index (χ2v) is 7.03. The smallest absolute Gasteiger partial charge is 0.243 e. The van der Waals surface area contributed by atoms with Crippen LogP contribution in [-0.4, -0.2) is 26.4 Å². The SMILES string of the molecule is O=C(CCCCC(O)c1ccc(-c2ccc3c(c2)C(O)CC3O)cc1)NO. The van der Waals surface area contributed by atoms with Crippen molar-refractivity contribution in [1.29, 1.82) is 0 Å². The molecule has 1 aliphatic rings. The number of hydrogen-bond donors (Lipinski definition) is 5. The zero-order valence-corrected chi connectivity index (χ0v) is 15.0. The minimum Gasteiger partial charge on any atom is -0.388 e. The van der Waals surface area contributed by atoms with Crippen LogP contribution in [-0.2, 0) is 4.79 Å². The van der Waals surface area contributed by atoms with Gasteiger partial charge in [0.1, 0.15) is 0 Å². The molecule has 0 spiro atoms. The first-order valence-corrected chi connectivity index (χ1v) is 9.21. The topological polar surface area (TPSA) is 110 Å². The summed E-state index contributed by atoms with van der Waals surface area (Å²) in [5.41, 5.74) is 5.89. The highest BCUT2D eigenvalue weighted by molar-refractivity contribution is 5.74. The lowest BCUT2D eigenvalue weighted by molar-refractivity contribution is -0.129. The van der Waals surface area contributed by atoms with Crippen molar-refractivity contribution in [3.05, 3.63) is 59.2 Å². The molecule has 144 valence electrons. The molecule has 0 bridgehead atoms. The molecule has 1 aliphatic carbocycles. The van der Waals surface area contributed by atoms with Gasteiger partial charge in [-0.05, 0) is 46.7 Å². The number of aliphatic hydroxyl groups is 3. The maximum absolute atomic E-state index is 11.0. The van der Waals surface area contributed by atoms with E-state index in [9.17, 15) is 20.1 Å². The van der Waals surface area contributed by atoms with Gasteiger partial charge < -0.3 is 15.3 Å². The monoisotopic (exact) mass is 371 g/mol. The van der Waals surface area contributed by atoms with Crippen LogP contribution in [0.4, 0.5) is 0 Å². The van der Waals surface area contributed by atoms with Gasteiger partial charge in [0.05, 0.1) is 18.3 Å². The number of hydroxylamine groups is 1. The molecule has 3 unspecified atom stereocenters. The lowest BCUT2D eigenvalue weighted by atomic mass is 9.97. The molecule has 0 aliphatic heterocycles. The molecule has 0 fully saturated rings. The second-order valence-electron chi connectivity index (χ2n) is 7.03. The fourth-order valence-corrected chi connectivity index (χ4v) is 3.56. The van der Waals surface area contributed by atoms with Gasteiger partial charge in [0.25, 0.3) is 0 Å². The number of rotatable bonds is 7. The van der Waals surface area contributed by atoms with Crippen LogP contribution in [0.2, 0.25) is 0 Å². The van der Waals surface area contributed by atoms with E-state index in [1.54, 1.807) is 5.48 Å². The van der Waals surface area contributed by atoms with Crippen LogP contribution < -0.4 is 5.48 Å². The van der Waals surface area contributed by atoms with Gasteiger partial charge in [-0.25, -0.2) is 5.48 Å². The molecule has 0 aromatic heterocycles. The van der Waals surface area contributed by atoms with E-state index in [2.05, 4.69) is 0 Å². The average Bonchev–Trinajstić information content (AvgIpc) is 2.98. The van der Waals surface area contributed by atoms with Crippen LogP contribution in [0.25, 0.3) is 11.1 Å². The second kappa shape index (κ2) is 8.63. The zero-order valence-electron chi connectivity index (χ0n) is 15.0. The van der Waals surface area contributed by atoms with E-state index in [0.29, 0.717) is 25.7 Å². The molecule has 27 heavy (non-hydrogen) atoms. The Morgan fingerprint density at radius 1 is 1.00 bits per heavy atom. The number of benzene rings is 2. The van der Waals surface area contributed by atoms with Crippen molar-refractivity contribution in [2.24, 2.45) is 0 Å². The third kappa shape index (κ3) is 4.54. The largest absolute Gasteiger partial charge is 0.388 e. The minimum atomic E-state index is -0.635. The maximum Gasteiger partial charge on any atom is 0.243 e. The summed E-state index contributed by atoms with van der Waals surface area (Å²) >= 11 is 0. The van der Waals surface area contributed by atoms with Crippen molar-refractivity contribution in [3.8, 4) is 11.1 Å². The van der Waals surface area contributed by atoms with Crippen LogP contribution in [0.15, 0.2) is 42.5 Å². The number of fused-ring (bicyclic) bond motifs is 1. The van der Waals surface area contributed by atoms with Gasteiger partial charge >= 0.3 is 0 Å². The summed E-state index contributed by atoms with van der Waals surface area (Å²) in [7, 11) is 0. The summed E-state index contributed by atoms with van der Waals surface area (Å²) in [4.78, 5) is 11.0. The van der Waals surface area contributed by atoms with E-state index in [4.69, 9.17) is 5.21 Å². The normalized spacial score (nSPS) is 19.6. The van der Waals surface area contributed by atoms with Crippen molar-refractivity contribution in [1.82, 2.24) is 5.48 Å². The highest BCUT2D eigenvalue weighted by atomic mass is 16.5. The van der Waals surface area contributed by atoms with E-state index in [1.165, 1.54) is 0 Å². The number of nitrogens with one attached hydrogen (secondary N) is 1. The Labute approximate surface area is 158 Å². The van der Waals surface area contributed by atoms with E-state index in [0.717, 1.165) is 27.8 Å². The third-order valence-corrected chi connectivity index (χ3v) is 5.14. The average molecular weight is 371 g/mol. The predicted octanol–water partition coefficient (Wildman–Crippen LogP) is 2.92. The van der Waals surface area contributed by atoms with Crippen molar-refractivity contribution in [2.75, 3.05) is 0 Å². The van der Waals surface area contributed by atoms with Gasteiger partial charge in [-0.1, -0.05) is 42.8 Å². The van der Waals surface area contributed by atoms with Crippen molar-refractivity contribution < 1.29 is 25.3 Å². The molecule has 3 atom stereocenters. The molecule has 3 rings (SSSR count). The van der Waals surface area contributed by atoms with E-state index < -0.39 is 24.2 Å². The van der Waals surface area contributed by atoms with Crippen LogP contribution in [0.1, 0.15) is 67.1 Å². The summed E-state index contributed by atoms with van der Waals surface area (Å²) in [6.07, 6.45) is 0.556. The molecule has 0 saturated heterocycles. The molecule has 0 radical (unpaired) electrons. The Kier molecular flexibility index (Phi) is 6.23. The Morgan fingerprint density at radius 3 is 2.37 bits per heavy atom. The molecule has 5 N–H and O–H groups in total. The van der Waals surface area contributed by atoms with Gasteiger partial charge in [-0.3, -0.25) is 10.0 Å². The summed E-state index contributed by atoms with van der Waals surface area (Å²) in [5.74, 6) is -0.416. The number of hydrogen-bond acceptors (Lipinski definition) is 5. The van der Waals surface area contributed by atoms with Gasteiger partial charge in [0.2, 0.25) is 5.91 Å². The van der Waals surface area contributed by atoms with Crippen LogP contribution >= 0.6 is 0 Å². The first kappa shape index (κ1) is 19.5. The number of carbonyl (C=O) groups excluding carboxylic acids is 1. The summed E-state index contributed by atoms with van der Waals surface area (Å²) < 4.78 is 0. The molecular formula is C21H25NO5. The quantitative estimate of drug-likeness (QED) is 0.292. The van der Waals surface area contributed by atoms with Crippen molar-refractivity contribution in [3.63, 3.8) is 0 Å². The highest BCUT2D eigenvalue weighted by Gasteiger charge is 2.28. The Balaban J connectivity index is 1.62. The van der Waals surface area contributed by atoms with E-state index in [1.807, 2.05) is 42.5 Å². The Morgan fingerprint density at radius 2 is 1.67 bits per heavy atom. The Bertz CT molecular complexity index is 790. The minimum absolute atomic E-state index is 0.237. The van der Waals surface area contributed by atoms with E-state index in [-0.39, 0.29) is 6.42 Å². The molecular weight excluding hydrogens is 346 g/mol. The highest BCUT2D eigenvalue weighted by Crippen LogP contribution is 2.40. The van der Waals surface area contributed by atoms with Crippen molar-refractivity contribution in [2.45, 2.75) is 50.4 Å². The lowest BCUT2D eigenvalue weighted by Gasteiger charge is -2.12. The fraction of sp³-hybridized carbons (Fsp3) is 0.381. The molecule has 2 aromatic carbocycles. The van der Waals surface area contributed by atoms with Crippen LogP contribution in [0.5, 0.6) is 0 Å². The van der Waals surface area contributed by atoms with Gasteiger partial charge in [-0.15, -0.1) is 0 Å². The summed E-state index contributed by atoms with van der Waals surface area (Å²) in [6.45, 7) is 0. The van der Waals surface area contributed by atoms with Crippen LogP contribution in [0, 0.1) is 0 Å².